The third-order valence-corrected chi connectivity index (χ3v) is 11.7. The van der Waals surface area contributed by atoms with Crippen molar-refractivity contribution in [2.24, 2.45) is 5.92 Å². The highest BCUT2D eigenvalue weighted by molar-refractivity contribution is 5.97. The van der Waals surface area contributed by atoms with Gasteiger partial charge in [0.25, 0.3) is 0 Å². The molecule has 0 spiro atoms. The molecule has 0 aromatic rings. The van der Waals surface area contributed by atoms with Crippen LogP contribution < -0.4 is 16.0 Å². The quantitative estimate of drug-likeness (QED) is 0.253. The van der Waals surface area contributed by atoms with Crippen LogP contribution >= 0.6 is 0 Å². The van der Waals surface area contributed by atoms with Crippen molar-refractivity contribution in [1.29, 1.82) is 0 Å². The predicted molar refractivity (Wildman–Crippen MR) is 232 cm³/mol. The zero-order valence-corrected chi connectivity index (χ0v) is 38.8. The molecular weight excluding hydrogens is 801 g/mol. The van der Waals surface area contributed by atoms with Gasteiger partial charge in [0.1, 0.15) is 30.2 Å². The molecule has 8 amide bonds. The number of carbonyl (C=O) groups is 8. The summed E-state index contributed by atoms with van der Waals surface area (Å²) in [7, 11) is 5.74. The standard InChI is InChI=1S/C44H74N8O10/c1-28(2)23-33-39(57)46-31(41(59)52-20-15-12-16-21-52)25-37(56)48(7)22-19-35(54)47-38(29(3)53)43(61)49(8)26-36(55)45-32(27-62-44(4,5)6)40(58)51(10)34(42(60)50(33)9)24-30-17-13-11-14-18-30/h17,28-29,31-34,38,53H,11-16,18-27H2,1-10H3,(H,45,55)(H,46,57)(H,47,54)/t29-,31+,32+,33+,34+,38+/m1/s1. The molecule has 0 aromatic heterocycles. The van der Waals surface area contributed by atoms with Gasteiger partial charge in [0.05, 0.1) is 31.3 Å². The van der Waals surface area contributed by atoms with E-state index in [4.69, 9.17) is 4.74 Å². The van der Waals surface area contributed by atoms with E-state index in [1.807, 2.05) is 13.8 Å². The molecule has 2 aliphatic heterocycles. The molecule has 2 heterocycles. The number of nitrogens with zero attached hydrogens (tertiary/aromatic N) is 5. The van der Waals surface area contributed by atoms with Crippen LogP contribution in [-0.2, 0) is 43.1 Å². The lowest BCUT2D eigenvalue weighted by Crippen LogP contribution is -2.60. The van der Waals surface area contributed by atoms with E-state index in [-0.39, 0.29) is 38.3 Å². The minimum atomic E-state index is -1.45. The molecule has 18 nitrogen and oxygen atoms in total. The fraction of sp³-hybridized carbons (Fsp3) is 0.773. The van der Waals surface area contributed by atoms with Crippen molar-refractivity contribution in [3.63, 3.8) is 0 Å². The summed E-state index contributed by atoms with van der Waals surface area (Å²) >= 11 is 0. The molecule has 2 saturated heterocycles. The summed E-state index contributed by atoms with van der Waals surface area (Å²) in [6.07, 6.45) is 6.28. The highest BCUT2D eigenvalue weighted by Crippen LogP contribution is 2.26. The average Bonchev–Trinajstić information content (AvgIpc) is 3.22. The molecular formula is C44H74N8O10. The van der Waals surface area contributed by atoms with Crippen molar-refractivity contribution in [1.82, 2.24) is 40.4 Å². The Morgan fingerprint density at radius 1 is 0.774 bits per heavy atom. The van der Waals surface area contributed by atoms with Gasteiger partial charge >= 0.3 is 0 Å². The third-order valence-electron chi connectivity index (χ3n) is 11.7. The van der Waals surface area contributed by atoms with Gasteiger partial charge in [0, 0.05) is 54.2 Å². The number of aliphatic hydroxyl groups is 1. The highest BCUT2D eigenvalue weighted by atomic mass is 16.5. The summed E-state index contributed by atoms with van der Waals surface area (Å²) in [6, 6.07) is -6.25. The van der Waals surface area contributed by atoms with E-state index in [2.05, 4.69) is 22.0 Å². The van der Waals surface area contributed by atoms with Crippen molar-refractivity contribution in [2.75, 3.05) is 61.0 Å². The number of carbonyl (C=O) groups excluding carboxylic acids is 8. The fourth-order valence-corrected chi connectivity index (χ4v) is 7.84. The number of nitrogens with one attached hydrogen (secondary N) is 3. The Balaban J connectivity index is 2.15. The largest absolute Gasteiger partial charge is 0.391 e. The Kier molecular flexibility index (Phi) is 19.8. The van der Waals surface area contributed by atoms with E-state index in [1.165, 1.54) is 49.8 Å². The van der Waals surface area contributed by atoms with Crippen LogP contribution in [0.25, 0.3) is 0 Å². The summed E-state index contributed by atoms with van der Waals surface area (Å²) < 4.78 is 5.99. The summed E-state index contributed by atoms with van der Waals surface area (Å²) in [4.78, 5) is 119. The van der Waals surface area contributed by atoms with E-state index in [0.717, 1.165) is 55.4 Å². The van der Waals surface area contributed by atoms with E-state index in [1.54, 1.807) is 25.7 Å². The zero-order chi connectivity index (χ0) is 46.5. The van der Waals surface area contributed by atoms with Crippen molar-refractivity contribution in [3.8, 4) is 0 Å². The Morgan fingerprint density at radius 2 is 1.42 bits per heavy atom. The van der Waals surface area contributed by atoms with Gasteiger partial charge in [-0.05, 0) is 91.4 Å². The molecule has 0 bridgehead atoms. The van der Waals surface area contributed by atoms with Crippen LogP contribution in [0.4, 0.5) is 0 Å². The van der Waals surface area contributed by atoms with Gasteiger partial charge < -0.3 is 50.3 Å². The number of aliphatic hydroxyl groups excluding tert-OH is 1. The SMILES string of the molecule is CC(C)C[C@H]1C(=O)N[C@H](C(=O)N2CCCCC2)CC(=O)N(C)CCC(=O)N[C@@H]([C@@H](C)O)C(=O)N(C)CC(=O)N[C@@H](COC(C)(C)C)C(=O)N(C)[C@@H](CC2=CCCCC2)C(=O)N1C. The molecule has 0 saturated carbocycles. The maximum Gasteiger partial charge on any atom is 0.248 e. The topological polar surface area (TPSA) is 218 Å². The monoisotopic (exact) mass is 875 g/mol. The zero-order valence-electron chi connectivity index (χ0n) is 38.8. The first kappa shape index (κ1) is 51.8. The lowest BCUT2D eigenvalue weighted by Gasteiger charge is -2.38. The average molecular weight is 875 g/mol. The van der Waals surface area contributed by atoms with Gasteiger partial charge in [-0.3, -0.25) is 38.4 Å². The number of hydrogen-bond acceptors (Lipinski definition) is 10. The van der Waals surface area contributed by atoms with Crippen LogP contribution in [0.5, 0.6) is 0 Å². The molecule has 1 aliphatic carbocycles. The molecule has 350 valence electrons. The molecule has 62 heavy (non-hydrogen) atoms. The first-order valence-electron chi connectivity index (χ1n) is 22.2. The second-order valence-corrected chi connectivity index (χ2v) is 18.6. The Hall–Kier alpha value is -4.58. The molecule has 6 atom stereocenters. The number of amides is 8. The van der Waals surface area contributed by atoms with Crippen molar-refractivity contribution >= 4 is 47.3 Å². The fourth-order valence-electron chi connectivity index (χ4n) is 7.84. The third kappa shape index (κ3) is 15.6. The first-order valence-corrected chi connectivity index (χ1v) is 22.2. The van der Waals surface area contributed by atoms with Crippen LogP contribution in [0.1, 0.15) is 112 Å². The lowest BCUT2D eigenvalue weighted by molar-refractivity contribution is -0.151. The Bertz CT molecular complexity index is 1640. The van der Waals surface area contributed by atoms with Gasteiger partial charge in [-0.2, -0.15) is 0 Å². The number of likely N-dealkylation sites (N-methyl/N-ethyl adjacent to an activating group) is 3. The molecule has 2 fully saturated rings. The normalized spacial score (nSPS) is 26.3. The van der Waals surface area contributed by atoms with Crippen LogP contribution in [0, 0.1) is 5.92 Å². The maximum atomic E-state index is 14.9. The smallest absolute Gasteiger partial charge is 0.248 e. The van der Waals surface area contributed by atoms with E-state index in [9.17, 15) is 43.5 Å². The van der Waals surface area contributed by atoms with Crippen LogP contribution in [0.15, 0.2) is 11.6 Å². The number of allylic oxidation sites excluding steroid dienone is 1. The van der Waals surface area contributed by atoms with Crippen molar-refractivity contribution in [3.05, 3.63) is 11.6 Å². The van der Waals surface area contributed by atoms with Gasteiger partial charge in [-0.15, -0.1) is 0 Å². The highest BCUT2D eigenvalue weighted by Gasteiger charge is 2.40. The summed E-state index contributed by atoms with van der Waals surface area (Å²) in [5.41, 5.74) is 0.247. The Morgan fingerprint density at radius 3 is 2.00 bits per heavy atom. The van der Waals surface area contributed by atoms with Gasteiger partial charge in [-0.1, -0.05) is 25.5 Å². The number of rotatable bonds is 8. The van der Waals surface area contributed by atoms with Crippen LogP contribution in [0.3, 0.4) is 0 Å². The minimum absolute atomic E-state index is 0.0924. The molecule has 4 N–H and O–H groups in total. The number of ether oxygens (including phenoxy) is 1. The Labute approximate surface area is 367 Å². The summed E-state index contributed by atoms with van der Waals surface area (Å²) in [5, 5.41) is 18.6. The molecule has 0 unspecified atom stereocenters. The van der Waals surface area contributed by atoms with Gasteiger partial charge in [0.15, 0.2) is 0 Å². The number of hydrogen-bond donors (Lipinski definition) is 4. The second kappa shape index (κ2) is 23.7. The van der Waals surface area contributed by atoms with E-state index >= 15 is 0 Å². The first-order chi connectivity index (χ1) is 29.0. The molecule has 18 heteroatoms. The minimum Gasteiger partial charge on any atom is -0.391 e. The number of piperidine rings is 1. The predicted octanol–water partition coefficient (Wildman–Crippen LogP) is 0.950. The lowest BCUT2D eigenvalue weighted by atomic mass is 9.92. The molecule has 0 aromatic carbocycles. The number of likely N-dealkylation sites (tertiary alicyclic amines) is 1. The maximum absolute atomic E-state index is 14.9. The van der Waals surface area contributed by atoms with E-state index in [0.29, 0.717) is 13.1 Å². The van der Waals surface area contributed by atoms with Gasteiger partial charge in [0.2, 0.25) is 47.3 Å². The summed E-state index contributed by atoms with van der Waals surface area (Å²) in [6.45, 7) is 10.4. The van der Waals surface area contributed by atoms with Crippen molar-refractivity contribution < 1.29 is 48.2 Å². The van der Waals surface area contributed by atoms with Crippen molar-refractivity contribution in [2.45, 2.75) is 154 Å². The second-order valence-electron chi connectivity index (χ2n) is 18.6. The van der Waals surface area contributed by atoms with E-state index < -0.39 is 102 Å². The summed E-state index contributed by atoms with van der Waals surface area (Å²) in [5.74, 6) is -5.05. The van der Waals surface area contributed by atoms with Gasteiger partial charge in [-0.25, -0.2) is 0 Å². The molecule has 0 radical (unpaired) electrons. The van der Waals surface area contributed by atoms with Crippen LogP contribution in [-0.4, -0.2) is 180 Å². The molecule has 3 rings (SSSR count). The molecule has 3 aliphatic rings. The van der Waals surface area contributed by atoms with Crippen LogP contribution in [0.2, 0.25) is 0 Å².